The lowest BCUT2D eigenvalue weighted by molar-refractivity contribution is 0.101. The van der Waals surface area contributed by atoms with E-state index in [4.69, 9.17) is 9.47 Å². The van der Waals surface area contributed by atoms with Crippen molar-refractivity contribution in [2.45, 2.75) is 11.8 Å². The third-order valence-corrected chi connectivity index (χ3v) is 6.01. The molecule has 1 aliphatic rings. The first kappa shape index (κ1) is 21.4. The second-order valence-electron chi connectivity index (χ2n) is 7.31. The number of hydrogen-bond acceptors (Lipinski definition) is 6. The molecule has 164 valence electrons. The van der Waals surface area contributed by atoms with Crippen molar-refractivity contribution in [3.63, 3.8) is 0 Å². The molecule has 0 saturated heterocycles. The second-order valence-corrected chi connectivity index (χ2v) is 9.32. The Labute approximate surface area is 185 Å². The van der Waals surface area contributed by atoms with E-state index in [-0.39, 0.29) is 23.2 Å². The summed E-state index contributed by atoms with van der Waals surface area (Å²) in [4.78, 5) is 25.4. The zero-order valence-electron chi connectivity index (χ0n) is 17.3. The van der Waals surface area contributed by atoms with E-state index in [1.54, 1.807) is 55.5 Å². The van der Waals surface area contributed by atoms with Crippen LogP contribution in [0.4, 0.5) is 11.4 Å². The topological polar surface area (TPSA) is 111 Å². The molecule has 0 unspecified atom stereocenters. The van der Waals surface area contributed by atoms with E-state index in [0.29, 0.717) is 34.0 Å². The highest BCUT2D eigenvalue weighted by atomic mass is 32.2. The van der Waals surface area contributed by atoms with Gasteiger partial charge < -0.3 is 20.1 Å². The van der Waals surface area contributed by atoms with Gasteiger partial charge in [-0.1, -0.05) is 12.1 Å². The number of rotatable bonds is 5. The molecule has 0 fully saturated rings. The Hall–Kier alpha value is -3.85. The number of aryl methyl sites for hydroxylation is 1. The van der Waals surface area contributed by atoms with Crippen molar-refractivity contribution in [1.82, 2.24) is 0 Å². The summed E-state index contributed by atoms with van der Waals surface area (Å²) in [5, 5.41) is 5.52. The Morgan fingerprint density at radius 2 is 1.53 bits per heavy atom. The molecular formula is C23H20N2O6S. The van der Waals surface area contributed by atoms with Crippen molar-refractivity contribution in [1.29, 1.82) is 0 Å². The minimum Gasteiger partial charge on any atom is -0.454 e. The van der Waals surface area contributed by atoms with Gasteiger partial charge in [0.05, 0.1) is 4.90 Å². The van der Waals surface area contributed by atoms with Crippen LogP contribution in [0.3, 0.4) is 0 Å². The van der Waals surface area contributed by atoms with Crippen LogP contribution in [0.5, 0.6) is 11.5 Å². The van der Waals surface area contributed by atoms with E-state index in [2.05, 4.69) is 10.6 Å². The van der Waals surface area contributed by atoms with E-state index in [9.17, 15) is 18.0 Å². The van der Waals surface area contributed by atoms with Crippen LogP contribution in [0.15, 0.2) is 65.6 Å². The average molecular weight is 452 g/mol. The molecule has 1 heterocycles. The van der Waals surface area contributed by atoms with Gasteiger partial charge in [-0.25, -0.2) is 8.42 Å². The van der Waals surface area contributed by atoms with Gasteiger partial charge in [0, 0.05) is 28.8 Å². The molecular weight excluding hydrogens is 432 g/mol. The predicted molar refractivity (Wildman–Crippen MR) is 119 cm³/mol. The van der Waals surface area contributed by atoms with Gasteiger partial charge in [-0.3, -0.25) is 9.59 Å². The smallest absolute Gasteiger partial charge is 0.255 e. The molecule has 32 heavy (non-hydrogen) atoms. The van der Waals surface area contributed by atoms with Crippen LogP contribution in [0, 0.1) is 6.92 Å². The molecule has 0 spiro atoms. The fraction of sp³-hybridized carbons (Fsp3) is 0.130. The Kier molecular flexibility index (Phi) is 5.58. The summed E-state index contributed by atoms with van der Waals surface area (Å²) in [6.07, 6.45) is 1.09. The number of sulfone groups is 1. The summed E-state index contributed by atoms with van der Waals surface area (Å²) in [6.45, 7) is 1.84. The largest absolute Gasteiger partial charge is 0.454 e. The molecule has 2 amide bonds. The van der Waals surface area contributed by atoms with E-state index in [1.807, 2.05) is 0 Å². The van der Waals surface area contributed by atoms with Gasteiger partial charge in [-0.2, -0.15) is 0 Å². The Balaban J connectivity index is 1.50. The molecule has 4 rings (SSSR count). The second kappa shape index (κ2) is 8.35. The number of carbonyl (C=O) groups excluding carboxylic acids is 2. The first-order valence-corrected chi connectivity index (χ1v) is 11.5. The minimum absolute atomic E-state index is 0.0676. The zero-order chi connectivity index (χ0) is 22.9. The molecule has 0 aromatic heterocycles. The molecule has 3 aromatic carbocycles. The molecule has 2 N–H and O–H groups in total. The maximum atomic E-state index is 12.8. The van der Waals surface area contributed by atoms with Crippen molar-refractivity contribution in [3.05, 3.63) is 77.4 Å². The quantitative estimate of drug-likeness (QED) is 0.612. The van der Waals surface area contributed by atoms with E-state index < -0.39 is 15.7 Å². The summed E-state index contributed by atoms with van der Waals surface area (Å²) in [6, 6.07) is 16.0. The van der Waals surface area contributed by atoms with Crippen LogP contribution >= 0.6 is 0 Å². The van der Waals surface area contributed by atoms with Gasteiger partial charge in [0.1, 0.15) is 0 Å². The van der Waals surface area contributed by atoms with E-state index >= 15 is 0 Å². The summed E-state index contributed by atoms with van der Waals surface area (Å²) in [5.74, 6) is 0.294. The van der Waals surface area contributed by atoms with Crippen LogP contribution in [-0.2, 0) is 9.84 Å². The van der Waals surface area contributed by atoms with Crippen molar-refractivity contribution in [2.75, 3.05) is 23.7 Å². The Bertz CT molecular complexity index is 1330. The van der Waals surface area contributed by atoms with Crippen molar-refractivity contribution in [2.24, 2.45) is 0 Å². The predicted octanol–water partition coefficient (Wildman–Crippen LogP) is 3.63. The van der Waals surface area contributed by atoms with Gasteiger partial charge in [0.25, 0.3) is 11.8 Å². The lowest BCUT2D eigenvalue weighted by Crippen LogP contribution is -2.15. The molecule has 3 aromatic rings. The summed E-state index contributed by atoms with van der Waals surface area (Å²) >= 11 is 0. The van der Waals surface area contributed by atoms with Gasteiger partial charge in [0.2, 0.25) is 6.79 Å². The number of amides is 2. The van der Waals surface area contributed by atoms with Crippen molar-refractivity contribution >= 4 is 33.0 Å². The number of nitrogens with one attached hydrogen (secondary N) is 2. The van der Waals surface area contributed by atoms with Gasteiger partial charge >= 0.3 is 0 Å². The Morgan fingerprint density at radius 3 is 2.25 bits per heavy atom. The highest BCUT2D eigenvalue weighted by Gasteiger charge is 2.17. The summed E-state index contributed by atoms with van der Waals surface area (Å²) in [7, 11) is -3.44. The molecule has 8 nitrogen and oxygen atoms in total. The summed E-state index contributed by atoms with van der Waals surface area (Å²) < 4.78 is 34.2. The van der Waals surface area contributed by atoms with Crippen molar-refractivity contribution in [3.8, 4) is 11.5 Å². The maximum Gasteiger partial charge on any atom is 0.255 e. The summed E-state index contributed by atoms with van der Waals surface area (Å²) in [5.41, 5.74) is 2.22. The van der Waals surface area contributed by atoms with Gasteiger partial charge in [-0.05, 0) is 61.0 Å². The zero-order valence-corrected chi connectivity index (χ0v) is 18.2. The lowest BCUT2D eigenvalue weighted by Gasteiger charge is -2.11. The standard InChI is InChI=1S/C23H20N2O6S/c1-14-6-8-18(32(2,28)29)12-19(14)23(27)25-17-5-3-4-16(11-17)24-22(26)15-7-9-20-21(10-15)31-13-30-20/h3-12H,13H2,1-2H3,(H,24,26)(H,25,27). The molecule has 1 aliphatic heterocycles. The normalized spacial score (nSPS) is 12.3. The number of hydrogen-bond donors (Lipinski definition) is 2. The minimum atomic E-state index is -3.44. The average Bonchev–Trinajstić information content (AvgIpc) is 3.21. The SMILES string of the molecule is Cc1ccc(S(C)(=O)=O)cc1C(=O)Nc1cccc(NC(=O)c2ccc3c(c2)OCO3)c1. The highest BCUT2D eigenvalue weighted by molar-refractivity contribution is 7.90. The molecule has 9 heteroatoms. The van der Waals surface area contributed by atoms with E-state index in [1.165, 1.54) is 12.1 Å². The van der Waals surface area contributed by atoms with Crippen LogP contribution in [-0.4, -0.2) is 33.3 Å². The van der Waals surface area contributed by atoms with E-state index in [0.717, 1.165) is 6.26 Å². The number of ether oxygens (including phenoxy) is 2. The third kappa shape index (κ3) is 4.57. The molecule has 0 atom stereocenters. The van der Waals surface area contributed by atoms with Crippen molar-refractivity contribution < 1.29 is 27.5 Å². The van der Waals surface area contributed by atoms with Crippen LogP contribution < -0.4 is 20.1 Å². The number of anilines is 2. The number of fused-ring (bicyclic) bond motifs is 1. The van der Waals surface area contributed by atoms with Crippen LogP contribution in [0.1, 0.15) is 26.3 Å². The highest BCUT2D eigenvalue weighted by Crippen LogP contribution is 2.32. The number of carbonyl (C=O) groups is 2. The Morgan fingerprint density at radius 1 is 0.844 bits per heavy atom. The fourth-order valence-electron chi connectivity index (χ4n) is 3.19. The monoisotopic (exact) mass is 452 g/mol. The van der Waals surface area contributed by atoms with Crippen LogP contribution in [0.2, 0.25) is 0 Å². The van der Waals surface area contributed by atoms with Gasteiger partial charge in [0.15, 0.2) is 21.3 Å². The first-order valence-electron chi connectivity index (χ1n) is 9.64. The molecule has 0 bridgehead atoms. The van der Waals surface area contributed by atoms with Crippen LogP contribution in [0.25, 0.3) is 0 Å². The molecule has 0 saturated carbocycles. The fourth-order valence-corrected chi connectivity index (χ4v) is 3.84. The molecule has 0 aliphatic carbocycles. The first-order chi connectivity index (χ1) is 15.2. The number of benzene rings is 3. The molecule has 0 radical (unpaired) electrons. The third-order valence-electron chi connectivity index (χ3n) is 4.89. The van der Waals surface area contributed by atoms with Gasteiger partial charge in [-0.15, -0.1) is 0 Å². The maximum absolute atomic E-state index is 12.8. The lowest BCUT2D eigenvalue weighted by atomic mass is 10.1.